The average Bonchev–Trinajstić information content (AvgIpc) is 2.98. The summed E-state index contributed by atoms with van der Waals surface area (Å²) < 4.78 is 11.4. The fraction of sp³-hybridized carbons (Fsp3) is 0.714. The molecule has 20 heavy (non-hydrogen) atoms. The number of rotatable bonds is 1. The Morgan fingerprint density at radius 1 is 1.35 bits per heavy atom. The molecule has 2 spiro atoms. The van der Waals surface area contributed by atoms with E-state index in [9.17, 15) is 4.79 Å². The van der Waals surface area contributed by atoms with Crippen molar-refractivity contribution in [2.75, 3.05) is 13.2 Å². The van der Waals surface area contributed by atoms with Crippen LogP contribution in [-0.2, 0) is 9.47 Å². The van der Waals surface area contributed by atoms with Crippen LogP contribution < -0.4 is 5.73 Å². The van der Waals surface area contributed by atoms with Crippen LogP contribution in [0.15, 0.2) is 4.99 Å². The Morgan fingerprint density at radius 2 is 1.95 bits per heavy atom. The first-order valence-electron chi connectivity index (χ1n) is 6.95. The van der Waals surface area contributed by atoms with Crippen LogP contribution >= 0.6 is 0 Å². The second-order valence-electron chi connectivity index (χ2n) is 5.63. The number of nitrogens with zero attached hydrogens (tertiary/aromatic N) is 2. The number of hydrogen-bond donors (Lipinski definition) is 1. The standard InChI is InChI=1S/C14H19N3O3/c1-3-10(2)17-12(18)16-11(15)13(17)4-6-14(7-5-13)19-8-9-20-14/h1,10H,4-9H2,2H3,(H2,15,16,18). The molecule has 0 aromatic carbocycles. The SMILES string of the molecule is C#CC(C)N1C(=O)N=C(N)C12CCC1(CC2)OCCO1. The zero-order valence-electron chi connectivity index (χ0n) is 11.6. The number of ether oxygens (including phenoxy) is 2. The van der Waals surface area contributed by atoms with Crippen LogP contribution in [0, 0.1) is 12.3 Å². The highest BCUT2D eigenvalue weighted by Gasteiger charge is 2.55. The van der Waals surface area contributed by atoms with Crippen LogP contribution in [-0.4, -0.2) is 47.3 Å². The van der Waals surface area contributed by atoms with Gasteiger partial charge in [0.1, 0.15) is 11.4 Å². The Hall–Kier alpha value is -1.58. The predicted octanol–water partition coefficient (Wildman–Crippen LogP) is 0.857. The maximum atomic E-state index is 12.1. The van der Waals surface area contributed by atoms with Gasteiger partial charge in [0, 0.05) is 12.8 Å². The number of terminal acetylenes is 1. The van der Waals surface area contributed by atoms with Crippen molar-refractivity contribution in [1.82, 2.24) is 4.90 Å². The van der Waals surface area contributed by atoms with E-state index in [1.165, 1.54) is 0 Å². The molecule has 2 fully saturated rings. The van der Waals surface area contributed by atoms with Crippen LogP contribution in [0.2, 0.25) is 0 Å². The van der Waals surface area contributed by atoms with Crippen LogP contribution in [0.25, 0.3) is 0 Å². The Labute approximate surface area is 118 Å². The van der Waals surface area contributed by atoms with Gasteiger partial charge >= 0.3 is 6.03 Å². The highest BCUT2D eigenvalue weighted by molar-refractivity contribution is 6.06. The molecular formula is C14H19N3O3. The molecule has 2 heterocycles. The number of carbonyl (C=O) groups excluding carboxylic acids is 1. The van der Waals surface area contributed by atoms with Gasteiger partial charge in [-0.1, -0.05) is 5.92 Å². The predicted molar refractivity (Wildman–Crippen MR) is 73.0 cm³/mol. The van der Waals surface area contributed by atoms with Crippen molar-refractivity contribution in [3.8, 4) is 12.3 Å². The lowest BCUT2D eigenvalue weighted by Crippen LogP contribution is -2.60. The van der Waals surface area contributed by atoms with Crippen molar-refractivity contribution in [3.63, 3.8) is 0 Å². The Kier molecular flexibility index (Phi) is 3.00. The van der Waals surface area contributed by atoms with Crippen molar-refractivity contribution in [1.29, 1.82) is 0 Å². The largest absolute Gasteiger partial charge is 0.385 e. The quantitative estimate of drug-likeness (QED) is 0.721. The molecule has 108 valence electrons. The molecule has 1 saturated carbocycles. The number of aliphatic imine (C=N–C) groups is 1. The normalized spacial score (nSPS) is 28.7. The Morgan fingerprint density at radius 3 is 2.50 bits per heavy atom. The highest BCUT2D eigenvalue weighted by Crippen LogP contribution is 2.45. The van der Waals surface area contributed by atoms with Crippen LogP contribution in [0.4, 0.5) is 4.79 Å². The first-order chi connectivity index (χ1) is 9.53. The zero-order valence-corrected chi connectivity index (χ0v) is 11.6. The van der Waals surface area contributed by atoms with E-state index in [-0.39, 0.29) is 12.1 Å². The molecule has 2 aliphatic heterocycles. The fourth-order valence-corrected chi connectivity index (χ4v) is 3.51. The molecule has 2 N–H and O–H groups in total. The van der Waals surface area contributed by atoms with Crippen molar-refractivity contribution in [3.05, 3.63) is 0 Å². The number of amidine groups is 1. The van der Waals surface area contributed by atoms with E-state index in [2.05, 4.69) is 10.9 Å². The molecule has 1 atom stereocenters. The molecule has 6 nitrogen and oxygen atoms in total. The second-order valence-corrected chi connectivity index (χ2v) is 5.63. The maximum absolute atomic E-state index is 12.1. The van der Waals surface area contributed by atoms with E-state index in [4.69, 9.17) is 21.6 Å². The van der Waals surface area contributed by atoms with Gasteiger partial charge in [-0.05, 0) is 19.8 Å². The molecule has 0 aromatic heterocycles. The minimum absolute atomic E-state index is 0.327. The molecule has 0 radical (unpaired) electrons. The van der Waals surface area contributed by atoms with E-state index in [1.807, 2.05) is 6.92 Å². The van der Waals surface area contributed by atoms with Gasteiger partial charge in [0.2, 0.25) is 0 Å². The zero-order chi connectivity index (χ0) is 14.4. The molecule has 0 aromatic rings. The van der Waals surface area contributed by atoms with E-state index in [0.29, 0.717) is 44.7 Å². The molecule has 3 rings (SSSR count). The third-order valence-electron chi connectivity index (χ3n) is 4.64. The van der Waals surface area contributed by atoms with E-state index < -0.39 is 11.3 Å². The van der Waals surface area contributed by atoms with Crippen molar-refractivity contribution < 1.29 is 14.3 Å². The lowest BCUT2D eigenvalue weighted by molar-refractivity contribution is -0.186. The fourth-order valence-electron chi connectivity index (χ4n) is 3.51. The van der Waals surface area contributed by atoms with Crippen LogP contribution in [0.5, 0.6) is 0 Å². The van der Waals surface area contributed by atoms with Gasteiger partial charge in [-0.15, -0.1) is 6.42 Å². The summed E-state index contributed by atoms with van der Waals surface area (Å²) in [5, 5.41) is 0. The lowest BCUT2D eigenvalue weighted by Gasteiger charge is -2.46. The highest BCUT2D eigenvalue weighted by atomic mass is 16.7. The van der Waals surface area contributed by atoms with Gasteiger partial charge in [-0.25, -0.2) is 4.79 Å². The minimum Gasteiger partial charge on any atom is -0.385 e. The molecule has 1 unspecified atom stereocenters. The van der Waals surface area contributed by atoms with E-state index in [0.717, 1.165) is 0 Å². The summed E-state index contributed by atoms with van der Waals surface area (Å²) >= 11 is 0. The first kappa shape index (κ1) is 13.4. The monoisotopic (exact) mass is 277 g/mol. The molecule has 1 aliphatic carbocycles. The second kappa shape index (κ2) is 4.47. The molecular weight excluding hydrogens is 258 g/mol. The summed E-state index contributed by atoms with van der Waals surface area (Å²) in [6.07, 6.45) is 8.21. The summed E-state index contributed by atoms with van der Waals surface area (Å²) in [4.78, 5) is 17.7. The Bertz CT molecular complexity index is 492. The lowest BCUT2D eigenvalue weighted by atomic mass is 9.76. The number of urea groups is 1. The van der Waals surface area contributed by atoms with Gasteiger partial charge in [0.15, 0.2) is 5.79 Å². The first-order valence-corrected chi connectivity index (χ1v) is 6.95. The Balaban J connectivity index is 1.86. The van der Waals surface area contributed by atoms with Crippen molar-refractivity contribution in [2.24, 2.45) is 10.7 Å². The van der Waals surface area contributed by atoms with Gasteiger partial charge in [-0.3, -0.25) is 4.90 Å². The van der Waals surface area contributed by atoms with Gasteiger partial charge in [0.05, 0.1) is 19.3 Å². The summed E-state index contributed by atoms with van der Waals surface area (Å²) in [5.41, 5.74) is 5.48. The van der Waals surface area contributed by atoms with Crippen molar-refractivity contribution >= 4 is 11.9 Å². The third kappa shape index (κ3) is 1.74. The maximum Gasteiger partial charge on any atom is 0.347 e. The smallest absolute Gasteiger partial charge is 0.347 e. The number of amides is 2. The summed E-state index contributed by atoms with van der Waals surface area (Å²) in [6.45, 7) is 3.07. The van der Waals surface area contributed by atoms with Gasteiger partial charge in [-0.2, -0.15) is 4.99 Å². The summed E-state index contributed by atoms with van der Waals surface area (Å²) in [6, 6.07) is -0.663. The van der Waals surface area contributed by atoms with Gasteiger partial charge < -0.3 is 15.2 Å². The number of hydrogen-bond acceptors (Lipinski definition) is 4. The minimum atomic E-state index is -0.566. The van der Waals surface area contributed by atoms with Crippen molar-refractivity contribution in [2.45, 2.75) is 50.0 Å². The molecule has 3 aliphatic rings. The van der Waals surface area contributed by atoms with E-state index in [1.54, 1.807) is 4.90 Å². The summed E-state index contributed by atoms with van der Waals surface area (Å²) in [5.74, 6) is 2.48. The topological polar surface area (TPSA) is 77.2 Å². The molecule has 2 amide bonds. The van der Waals surface area contributed by atoms with E-state index >= 15 is 0 Å². The van der Waals surface area contributed by atoms with Crippen LogP contribution in [0.1, 0.15) is 32.6 Å². The summed E-state index contributed by atoms with van der Waals surface area (Å²) in [7, 11) is 0. The van der Waals surface area contributed by atoms with Gasteiger partial charge in [0.25, 0.3) is 0 Å². The molecule has 1 saturated heterocycles. The number of carbonyl (C=O) groups is 1. The number of nitrogens with two attached hydrogens (primary N) is 1. The molecule has 6 heteroatoms. The average molecular weight is 277 g/mol. The van der Waals surface area contributed by atoms with Crippen LogP contribution in [0.3, 0.4) is 0 Å². The third-order valence-corrected chi connectivity index (χ3v) is 4.64. The molecule has 0 bridgehead atoms.